The van der Waals surface area contributed by atoms with Gasteiger partial charge in [-0.3, -0.25) is 20.1 Å². The molecule has 0 N–H and O–H groups in total. The molecule has 0 aliphatic rings. The number of halogens is 1. The molecule has 0 amide bonds. The SMILES string of the molecule is O=[N+]([O-])c1cc2nccnc2cc1Cl. The Morgan fingerprint density at radius 3 is 2.36 bits per heavy atom. The molecular formula is C8H4ClN3O2. The van der Waals surface area contributed by atoms with Crippen LogP contribution in [-0.2, 0) is 0 Å². The van der Waals surface area contributed by atoms with Crippen molar-refractivity contribution in [2.75, 3.05) is 0 Å². The Kier molecular flexibility index (Phi) is 2.01. The van der Waals surface area contributed by atoms with Gasteiger partial charge in [0, 0.05) is 18.5 Å². The van der Waals surface area contributed by atoms with Crippen LogP contribution in [0.25, 0.3) is 11.0 Å². The molecule has 6 heteroatoms. The predicted octanol–water partition coefficient (Wildman–Crippen LogP) is 2.19. The molecule has 1 aromatic heterocycles. The molecule has 2 aromatic rings. The minimum absolute atomic E-state index is 0.0722. The Balaban J connectivity index is 2.77. The molecule has 0 bridgehead atoms. The van der Waals surface area contributed by atoms with Gasteiger partial charge in [0.1, 0.15) is 5.02 Å². The van der Waals surface area contributed by atoms with Gasteiger partial charge in [-0.2, -0.15) is 0 Å². The van der Waals surface area contributed by atoms with Crippen molar-refractivity contribution in [2.24, 2.45) is 0 Å². The third-order valence-corrected chi connectivity index (χ3v) is 2.04. The van der Waals surface area contributed by atoms with Crippen LogP contribution in [0.2, 0.25) is 5.02 Å². The lowest BCUT2D eigenvalue weighted by molar-refractivity contribution is -0.384. The predicted molar refractivity (Wildman–Crippen MR) is 51.2 cm³/mol. The van der Waals surface area contributed by atoms with Crippen molar-refractivity contribution in [3.63, 3.8) is 0 Å². The fourth-order valence-electron chi connectivity index (χ4n) is 1.11. The summed E-state index contributed by atoms with van der Waals surface area (Å²) in [5.74, 6) is 0. The molecule has 1 heterocycles. The third kappa shape index (κ3) is 1.38. The molecule has 0 unspecified atom stereocenters. The van der Waals surface area contributed by atoms with E-state index in [9.17, 15) is 10.1 Å². The topological polar surface area (TPSA) is 68.9 Å². The summed E-state index contributed by atoms with van der Waals surface area (Å²) in [5, 5.41) is 10.6. The number of nitro groups is 1. The standard InChI is InChI=1S/C8H4ClN3O2/c9-5-3-6-7(11-2-1-10-6)4-8(5)12(13)14/h1-4H. The van der Waals surface area contributed by atoms with Gasteiger partial charge in [0.15, 0.2) is 0 Å². The minimum Gasteiger partial charge on any atom is -0.258 e. The lowest BCUT2D eigenvalue weighted by Gasteiger charge is -1.97. The molecule has 70 valence electrons. The molecule has 0 aliphatic carbocycles. The Hall–Kier alpha value is -1.75. The summed E-state index contributed by atoms with van der Waals surface area (Å²) in [6.45, 7) is 0. The molecule has 0 aliphatic heterocycles. The van der Waals surface area contributed by atoms with E-state index in [1.807, 2.05) is 0 Å². The van der Waals surface area contributed by atoms with Gasteiger partial charge in [0.25, 0.3) is 5.69 Å². The molecule has 0 fully saturated rings. The highest BCUT2D eigenvalue weighted by atomic mass is 35.5. The van der Waals surface area contributed by atoms with E-state index in [0.29, 0.717) is 11.0 Å². The zero-order chi connectivity index (χ0) is 10.1. The van der Waals surface area contributed by atoms with E-state index in [2.05, 4.69) is 9.97 Å². The van der Waals surface area contributed by atoms with E-state index in [1.165, 1.54) is 24.5 Å². The largest absolute Gasteiger partial charge is 0.290 e. The van der Waals surface area contributed by atoms with Crippen molar-refractivity contribution in [1.82, 2.24) is 9.97 Å². The summed E-state index contributed by atoms with van der Waals surface area (Å²) in [6, 6.07) is 2.74. The van der Waals surface area contributed by atoms with Crippen LogP contribution in [0.15, 0.2) is 24.5 Å². The molecule has 14 heavy (non-hydrogen) atoms. The monoisotopic (exact) mass is 209 g/mol. The van der Waals surface area contributed by atoms with Crippen LogP contribution in [0.5, 0.6) is 0 Å². The van der Waals surface area contributed by atoms with Crippen LogP contribution in [0.4, 0.5) is 5.69 Å². The molecule has 0 spiro atoms. The van der Waals surface area contributed by atoms with Crippen molar-refractivity contribution >= 4 is 28.3 Å². The first-order valence-electron chi connectivity index (χ1n) is 3.73. The van der Waals surface area contributed by atoms with Gasteiger partial charge >= 0.3 is 0 Å². The van der Waals surface area contributed by atoms with E-state index in [-0.39, 0.29) is 10.7 Å². The normalized spacial score (nSPS) is 10.4. The van der Waals surface area contributed by atoms with Gasteiger partial charge in [0.05, 0.1) is 16.0 Å². The highest BCUT2D eigenvalue weighted by Gasteiger charge is 2.13. The van der Waals surface area contributed by atoms with Gasteiger partial charge in [-0.15, -0.1) is 0 Å². The molecule has 0 radical (unpaired) electrons. The lowest BCUT2D eigenvalue weighted by Crippen LogP contribution is -1.91. The van der Waals surface area contributed by atoms with Gasteiger partial charge in [0.2, 0.25) is 0 Å². The number of hydrogen-bond donors (Lipinski definition) is 0. The Morgan fingerprint density at radius 2 is 1.79 bits per heavy atom. The summed E-state index contributed by atoms with van der Waals surface area (Å²) < 4.78 is 0. The summed E-state index contributed by atoms with van der Waals surface area (Å²) >= 11 is 5.69. The number of nitrogens with zero attached hydrogens (tertiary/aromatic N) is 3. The average molecular weight is 210 g/mol. The fraction of sp³-hybridized carbons (Fsp3) is 0. The molecule has 2 rings (SSSR count). The van der Waals surface area contributed by atoms with E-state index >= 15 is 0 Å². The summed E-state index contributed by atoms with van der Waals surface area (Å²) in [7, 11) is 0. The number of hydrogen-bond acceptors (Lipinski definition) is 4. The fourth-order valence-corrected chi connectivity index (χ4v) is 1.34. The number of rotatable bonds is 1. The molecule has 0 atom stereocenters. The first-order chi connectivity index (χ1) is 6.68. The van der Waals surface area contributed by atoms with Gasteiger partial charge in [-0.05, 0) is 6.07 Å². The van der Waals surface area contributed by atoms with Crippen LogP contribution in [0, 0.1) is 10.1 Å². The van der Waals surface area contributed by atoms with E-state index in [4.69, 9.17) is 11.6 Å². The smallest absolute Gasteiger partial charge is 0.258 e. The van der Waals surface area contributed by atoms with E-state index in [1.54, 1.807) is 0 Å². The summed E-state index contributed by atoms with van der Waals surface area (Å²) in [6.07, 6.45) is 2.98. The quantitative estimate of drug-likeness (QED) is 0.533. The van der Waals surface area contributed by atoms with Crippen molar-refractivity contribution in [2.45, 2.75) is 0 Å². The Labute approximate surface area is 83.5 Å². The number of nitro benzene ring substituents is 1. The van der Waals surface area contributed by atoms with Crippen LogP contribution < -0.4 is 0 Å². The second-order valence-corrected chi connectivity index (χ2v) is 3.01. The van der Waals surface area contributed by atoms with Gasteiger partial charge < -0.3 is 0 Å². The molecule has 0 saturated carbocycles. The van der Waals surface area contributed by atoms with Crippen LogP contribution in [-0.4, -0.2) is 14.9 Å². The summed E-state index contributed by atoms with van der Waals surface area (Å²) in [5.41, 5.74) is 0.853. The van der Waals surface area contributed by atoms with Crippen LogP contribution >= 0.6 is 11.6 Å². The number of fused-ring (bicyclic) bond motifs is 1. The highest BCUT2D eigenvalue weighted by molar-refractivity contribution is 6.33. The van der Waals surface area contributed by atoms with Gasteiger partial charge in [-0.1, -0.05) is 11.6 Å². The van der Waals surface area contributed by atoms with Crippen molar-refractivity contribution in [3.05, 3.63) is 39.7 Å². The second kappa shape index (κ2) is 3.19. The molecule has 5 nitrogen and oxygen atoms in total. The highest BCUT2D eigenvalue weighted by Crippen LogP contribution is 2.27. The molecular weight excluding hydrogens is 206 g/mol. The zero-order valence-corrected chi connectivity index (χ0v) is 7.60. The van der Waals surface area contributed by atoms with Crippen molar-refractivity contribution in [1.29, 1.82) is 0 Å². The maximum absolute atomic E-state index is 10.5. The van der Waals surface area contributed by atoms with E-state index < -0.39 is 4.92 Å². The first-order valence-corrected chi connectivity index (χ1v) is 4.11. The Morgan fingerprint density at radius 1 is 1.21 bits per heavy atom. The maximum atomic E-state index is 10.5. The second-order valence-electron chi connectivity index (χ2n) is 2.61. The molecule has 1 aromatic carbocycles. The third-order valence-electron chi connectivity index (χ3n) is 1.73. The first kappa shape index (κ1) is 8.83. The van der Waals surface area contributed by atoms with Crippen molar-refractivity contribution in [3.8, 4) is 0 Å². The van der Waals surface area contributed by atoms with E-state index in [0.717, 1.165) is 0 Å². The molecule has 0 saturated heterocycles. The minimum atomic E-state index is -0.545. The lowest BCUT2D eigenvalue weighted by atomic mass is 10.2. The van der Waals surface area contributed by atoms with Crippen LogP contribution in [0.1, 0.15) is 0 Å². The maximum Gasteiger partial charge on any atom is 0.290 e. The van der Waals surface area contributed by atoms with Crippen molar-refractivity contribution < 1.29 is 4.92 Å². The number of aromatic nitrogens is 2. The number of benzene rings is 1. The average Bonchev–Trinajstić information content (AvgIpc) is 2.16. The zero-order valence-electron chi connectivity index (χ0n) is 6.85. The summed E-state index contributed by atoms with van der Waals surface area (Å²) in [4.78, 5) is 17.9. The van der Waals surface area contributed by atoms with Gasteiger partial charge in [-0.25, -0.2) is 0 Å². The van der Waals surface area contributed by atoms with Crippen LogP contribution in [0.3, 0.4) is 0 Å². The Bertz CT molecular complexity index is 515.